The molecule has 1 heterocycles. The van der Waals surface area contributed by atoms with Gasteiger partial charge in [0.2, 0.25) is 0 Å². The first-order valence-electron chi connectivity index (χ1n) is 7.18. The van der Waals surface area contributed by atoms with Crippen LogP contribution in [0.2, 0.25) is 0 Å². The first-order chi connectivity index (χ1) is 9.09. The van der Waals surface area contributed by atoms with Crippen LogP contribution in [0.1, 0.15) is 46.0 Å². The topological polar surface area (TPSA) is 44.8 Å². The number of ether oxygens (including phenoxy) is 3. The van der Waals surface area contributed by atoms with E-state index in [-0.39, 0.29) is 11.4 Å². The van der Waals surface area contributed by atoms with Gasteiger partial charge in [0, 0.05) is 11.8 Å². The third kappa shape index (κ3) is 2.43. The van der Waals surface area contributed by atoms with Gasteiger partial charge in [-0.15, -0.1) is 6.58 Å². The second-order valence-corrected chi connectivity index (χ2v) is 5.49. The summed E-state index contributed by atoms with van der Waals surface area (Å²) in [6, 6.07) is 0. The predicted molar refractivity (Wildman–Crippen MR) is 71.6 cm³/mol. The maximum absolute atomic E-state index is 11.8. The molecule has 1 saturated heterocycles. The van der Waals surface area contributed by atoms with Crippen LogP contribution in [-0.2, 0) is 19.0 Å². The first-order valence-corrected chi connectivity index (χ1v) is 7.18. The fourth-order valence-electron chi connectivity index (χ4n) is 3.51. The molecule has 0 unspecified atom stereocenters. The van der Waals surface area contributed by atoms with Gasteiger partial charge in [0.1, 0.15) is 0 Å². The van der Waals surface area contributed by atoms with E-state index in [2.05, 4.69) is 6.58 Å². The Morgan fingerprint density at radius 2 is 2.26 bits per heavy atom. The number of rotatable bonds is 6. The highest BCUT2D eigenvalue weighted by molar-refractivity contribution is 5.74. The fraction of sp³-hybridized carbons (Fsp3) is 0.800. The molecule has 1 aliphatic carbocycles. The highest BCUT2D eigenvalue weighted by Gasteiger charge is 2.60. The van der Waals surface area contributed by atoms with Crippen LogP contribution in [0, 0.1) is 5.41 Å². The summed E-state index contributed by atoms with van der Waals surface area (Å²) < 4.78 is 17.0. The van der Waals surface area contributed by atoms with E-state index in [1.807, 2.05) is 6.08 Å². The van der Waals surface area contributed by atoms with Crippen LogP contribution >= 0.6 is 0 Å². The van der Waals surface area contributed by atoms with E-state index in [9.17, 15) is 4.79 Å². The molecule has 4 heteroatoms. The first kappa shape index (κ1) is 14.5. The summed E-state index contributed by atoms with van der Waals surface area (Å²) in [6.45, 7) is 8.46. The van der Waals surface area contributed by atoms with E-state index >= 15 is 0 Å². The molecule has 0 spiro atoms. The summed E-state index contributed by atoms with van der Waals surface area (Å²) in [7, 11) is 0. The summed E-state index contributed by atoms with van der Waals surface area (Å²) >= 11 is 0. The summed E-state index contributed by atoms with van der Waals surface area (Å²) in [5, 5.41) is 0. The fourth-order valence-corrected chi connectivity index (χ4v) is 3.51. The second-order valence-electron chi connectivity index (χ2n) is 5.49. The summed E-state index contributed by atoms with van der Waals surface area (Å²) in [5.41, 5.74) is -0.00446. The van der Waals surface area contributed by atoms with Crippen LogP contribution in [0.25, 0.3) is 0 Å². The molecule has 3 atom stereocenters. The molecular formula is C15H24O4. The Labute approximate surface area is 115 Å². The molecule has 0 aromatic rings. The van der Waals surface area contributed by atoms with Crippen LogP contribution in [0.4, 0.5) is 0 Å². The lowest BCUT2D eigenvalue weighted by Gasteiger charge is -2.39. The second kappa shape index (κ2) is 5.63. The van der Waals surface area contributed by atoms with Gasteiger partial charge in [-0.3, -0.25) is 0 Å². The smallest absolute Gasteiger partial charge is 0.335 e. The normalized spacial score (nSPS) is 34.8. The van der Waals surface area contributed by atoms with E-state index in [1.54, 1.807) is 13.8 Å². The Balaban J connectivity index is 2.12. The molecule has 0 amide bonds. The van der Waals surface area contributed by atoms with Gasteiger partial charge in [-0.05, 0) is 39.5 Å². The number of fused-ring (bicyclic) bond motifs is 1. The average molecular weight is 268 g/mol. The van der Waals surface area contributed by atoms with Crippen molar-refractivity contribution in [2.45, 2.75) is 57.8 Å². The van der Waals surface area contributed by atoms with Crippen molar-refractivity contribution in [2.24, 2.45) is 5.41 Å². The molecule has 0 aromatic heterocycles. The van der Waals surface area contributed by atoms with Crippen molar-refractivity contribution in [1.82, 2.24) is 0 Å². The molecule has 2 aliphatic rings. The third-order valence-electron chi connectivity index (χ3n) is 4.41. The van der Waals surface area contributed by atoms with Crippen molar-refractivity contribution < 1.29 is 19.0 Å². The summed E-state index contributed by atoms with van der Waals surface area (Å²) in [4.78, 5) is 11.8. The Morgan fingerprint density at radius 1 is 1.47 bits per heavy atom. The number of esters is 1. The van der Waals surface area contributed by atoms with Crippen molar-refractivity contribution in [3.63, 3.8) is 0 Å². The minimum absolute atomic E-state index is 0.00446. The van der Waals surface area contributed by atoms with Gasteiger partial charge in [0.25, 0.3) is 0 Å². The number of carbonyl (C=O) groups is 1. The van der Waals surface area contributed by atoms with Crippen LogP contribution in [0.15, 0.2) is 12.7 Å². The van der Waals surface area contributed by atoms with Crippen LogP contribution in [0.3, 0.4) is 0 Å². The van der Waals surface area contributed by atoms with E-state index in [4.69, 9.17) is 14.2 Å². The molecule has 0 bridgehead atoms. The molecule has 2 fully saturated rings. The zero-order chi connectivity index (χ0) is 13.9. The molecule has 0 aromatic carbocycles. The molecule has 0 radical (unpaired) electrons. The van der Waals surface area contributed by atoms with Gasteiger partial charge in [-0.25, -0.2) is 4.79 Å². The Morgan fingerprint density at radius 3 is 2.95 bits per heavy atom. The van der Waals surface area contributed by atoms with E-state index < -0.39 is 11.9 Å². The van der Waals surface area contributed by atoms with Gasteiger partial charge in [-0.1, -0.05) is 6.08 Å². The zero-order valence-corrected chi connectivity index (χ0v) is 11.9. The van der Waals surface area contributed by atoms with E-state index in [1.165, 1.54) is 0 Å². The minimum atomic E-state index is -0.618. The lowest BCUT2D eigenvalue weighted by atomic mass is 9.77. The summed E-state index contributed by atoms with van der Waals surface area (Å²) in [6.07, 6.45) is 6.22. The minimum Gasteiger partial charge on any atom is -0.464 e. The van der Waals surface area contributed by atoms with Crippen molar-refractivity contribution in [1.29, 1.82) is 0 Å². The molecule has 2 rings (SSSR count). The van der Waals surface area contributed by atoms with Crippen LogP contribution in [-0.4, -0.2) is 31.1 Å². The van der Waals surface area contributed by atoms with Crippen molar-refractivity contribution in [2.75, 3.05) is 13.2 Å². The van der Waals surface area contributed by atoms with E-state index in [0.29, 0.717) is 13.2 Å². The highest BCUT2D eigenvalue weighted by Crippen LogP contribution is 2.58. The number of hydrogen-bond acceptors (Lipinski definition) is 4. The van der Waals surface area contributed by atoms with Gasteiger partial charge >= 0.3 is 5.97 Å². The van der Waals surface area contributed by atoms with Gasteiger partial charge in [0.05, 0.1) is 13.2 Å². The highest BCUT2D eigenvalue weighted by atomic mass is 16.7. The average Bonchev–Trinajstić information content (AvgIpc) is 2.84. The summed E-state index contributed by atoms with van der Waals surface area (Å²) in [5.74, 6) is -0.931. The maximum atomic E-state index is 11.8. The van der Waals surface area contributed by atoms with Crippen LogP contribution in [0.5, 0.6) is 0 Å². The van der Waals surface area contributed by atoms with E-state index in [0.717, 1.165) is 32.1 Å². The number of hydrogen-bond donors (Lipinski definition) is 0. The Kier molecular flexibility index (Phi) is 4.31. The predicted octanol–water partition coefficient (Wildman–Crippen LogP) is 2.82. The third-order valence-corrected chi connectivity index (χ3v) is 4.41. The standard InChI is InChI=1S/C15H24O4/c1-4-7-14-8-6-9-15(14,18-11-10-14)19-12(3)13(16)17-5-2/h4,12H,1,5-11H2,2-3H3/t12-,14-,15+/m1/s1. The number of allylic oxidation sites excluding steroid dienone is 1. The largest absolute Gasteiger partial charge is 0.464 e. The molecule has 108 valence electrons. The molecule has 1 saturated carbocycles. The van der Waals surface area contributed by atoms with Crippen molar-refractivity contribution in [3.05, 3.63) is 12.7 Å². The van der Waals surface area contributed by atoms with Crippen molar-refractivity contribution in [3.8, 4) is 0 Å². The maximum Gasteiger partial charge on any atom is 0.335 e. The lowest BCUT2D eigenvalue weighted by Crippen LogP contribution is -2.46. The molecule has 1 aliphatic heterocycles. The molecule has 0 N–H and O–H groups in total. The van der Waals surface area contributed by atoms with Crippen LogP contribution < -0.4 is 0 Å². The molecular weight excluding hydrogens is 244 g/mol. The quantitative estimate of drug-likeness (QED) is 0.549. The van der Waals surface area contributed by atoms with Crippen molar-refractivity contribution >= 4 is 5.97 Å². The zero-order valence-electron chi connectivity index (χ0n) is 11.9. The Hall–Kier alpha value is -0.870. The Bertz CT molecular complexity index is 340. The van der Waals surface area contributed by atoms with Gasteiger partial charge in [0.15, 0.2) is 11.9 Å². The monoisotopic (exact) mass is 268 g/mol. The number of carbonyl (C=O) groups excluding carboxylic acids is 1. The SMILES string of the molecule is C=CC[C@]12CCC[C@@]1(O[C@H](C)C(=O)OCC)OCC2. The molecule has 19 heavy (non-hydrogen) atoms. The van der Waals surface area contributed by atoms with Gasteiger partial charge < -0.3 is 14.2 Å². The molecule has 4 nitrogen and oxygen atoms in total. The lowest BCUT2D eigenvalue weighted by molar-refractivity contribution is -0.266. The van der Waals surface area contributed by atoms with Gasteiger partial charge in [-0.2, -0.15) is 0 Å².